The molecule has 1 fully saturated rings. The summed E-state index contributed by atoms with van der Waals surface area (Å²) >= 11 is 1.74. The van der Waals surface area contributed by atoms with Crippen LogP contribution in [0.3, 0.4) is 0 Å². The van der Waals surface area contributed by atoms with Gasteiger partial charge in [0.1, 0.15) is 11.9 Å². The molecule has 2 amide bonds. The lowest BCUT2D eigenvalue weighted by Crippen LogP contribution is -2.48. The molecule has 40 heavy (non-hydrogen) atoms. The first-order chi connectivity index (χ1) is 19.4. The summed E-state index contributed by atoms with van der Waals surface area (Å²) in [4.78, 5) is 35.1. The van der Waals surface area contributed by atoms with Crippen molar-refractivity contribution in [3.05, 3.63) is 52.0 Å². The second kappa shape index (κ2) is 14.8. The van der Waals surface area contributed by atoms with Gasteiger partial charge in [-0.25, -0.2) is 4.98 Å². The Labute approximate surface area is 242 Å². The van der Waals surface area contributed by atoms with E-state index >= 15 is 0 Å². The van der Waals surface area contributed by atoms with Crippen molar-refractivity contribution in [2.24, 2.45) is 5.92 Å². The van der Waals surface area contributed by atoms with Crippen molar-refractivity contribution in [2.45, 2.75) is 71.9 Å². The minimum absolute atomic E-state index is 0.124. The zero-order chi connectivity index (χ0) is 28.5. The van der Waals surface area contributed by atoms with Crippen molar-refractivity contribution in [3.63, 3.8) is 0 Å². The van der Waals surface area contributed by atoms with E-state index < -0.39 is 6.04 Å². The first-order valence-corrected chi connectivity index (χ1v) is 15.7. The molecular formula is C31H45N5O3S. The Bertz CT molecular complexity index is 1230. The van der Waals surface area contributed by atoms with Crippen molar-refractivity contribution in [3.8, 4) is 0 Å². The van der Waals surface area contributed by atoms with Crippen LogP contribution in [0.25, 0.3) is 11.0 Å². The summed E-state index contributed by atoms with van der Waals surface area (Å²) in [5.41, 5.74) is 2.39. The van der Waals surface area contributed by atoms with E-state index in [0.717, 1.165) is 75.4 Å². The van der Waals surface area contributed by atoms with Crippen LogP contribution >= 0.6 is 11.3 Å². The van der Waals surface area contributed by atoms with E-state index in [-0.39, 0.29) is 17.7 Å². The summed E-state index contributed by atoms with van der Waals surface area (Å²) in [5.74, 6) is 0.925. The highest BCUT2D eigenvalue weighted by Crippen LogP contribution is 2.28. The molecule has 0 saturated carbocycles. The summed E-state index contributed by atoms with van der Waals surface area (Å²) in [6.45, 7) is 13.5. The standard InChI is InChI=1S/C31H45N5O3S/c1-5-24(6-2)36-28-11-10-23(20-26(28)33-29(36)21-25-9-7-18-40-25)30(37)34-27(19-22(3)4)31(38)32-12-8-13-35-14-16-39-17-15-35/h7,9-11,18,20,22,24,27H,5-6,8,12-17,19,21H2,1-4H3,(H,32,38)(H,34,37)/t27-/m0/s1. The Kier molecular flexibility index (Phi) is 11.1. The van der Waals surface area contributed by atoms with Gasteiger partial charge in [0.15, 0.2) is 0 Å². The number of nitrogens with one attached hydrogen (secondary N) is 2. The third kappa shape index (κ3) is 7.92. The predicted molar refractivity (Wildman–Crippen MR) is 162 cm³/mol. The maximum atomic E-state index is 13.4. The highest BCUT2D eigenvalue weighted by Gasteiger charge is 2.24. The zero-order valence-corrected chi connectivity index (χ0v) is 25.3. The van der Waals surface area contributed by atoms with Gasteiger partial charge in [0.05, 0.1) is 24.2 Å². The second-order valence-electron chi connectivity index (χ2n) is 11.1. The van der Waals surface area contributed by atoms with Crippen LogP contribution in [-0.2, 0) is 16.0 Å². The molecule has 3 aromatic rings. The monoisotopic (exact) mass is 567 g/mol. The number of amides is 2. The molecule has 0 spiro atoms. The van der Waals surface area contributed by atoms with Crippen LogP contribution in [0.1, 0.15) is 80.5 Å². The lowest BCUT2D eigenvalue weighted by Gasteiger charge is -2.26. The Morgan fingerprint density at radius 3 is 2.58 bits per heavy atom. The molecule has 8 nitrogen and oxygen atoms in total. The number of hydrogen-bond donors (Lipinski definition) is 2. The molecule has 0 aliphatic carbocycles. The molecule has 9 heteroatoms. The number of fused-ring (bicyclic) bond motifs is 1. The molecule has 1 saturated heterocycles. The maximum absolute atomic E-state index is 13.4. The molecular weight excluding hydrogens is 522 g/mol. The molecule has 1 aliphatic heterocycles. The molecule has 1 atom stereocenters. The highest BCUT2D eigenvalue weighted by atomic mass is 32.1. The number of benzene rings is 1. The molecule has 4 rings (SSSR count). The highest BCUT2D eigenvalue weighted by molar-refractivity contribution is 7.09. The molecule has 218 valence electrons. The Morgan fingerprint density at radius 1 is 1.12 bits per heavy atom. The Balaban J connectivity index is 1.45. The molecule has 1 aromatic carbocycles. The summed E-state index contributed by atoms with van der Waals surface area (Å²) in [6.07, 6.45) is 4.25. The first-order valence-electron chi connectivity index (χ1n) is 14.8. The van der Waals surface area contributed by atoms with E-state index in [0.29, 0.717) is 24.6 Å². The van der Waals surface area contributed by atoms with Crippen LogP contribution in [0, 0.1) is 5.92 Å². The third-order valence-corrected chi connectivity index (χ3v) is 8.50. The maximum Gasteiger partial charge on any atom is 0.252 e. The predicted octanol–water partition coefficient (Wildman–Crippen LogP) is 5.03. The number of ether oxygens (including phenoxy) is 1. The fourth-order valence-electron chi connectivity index (χ4n) is 5.45. The first kappa shape index (κ1) is 30.2. The van der Waals surface area contributed by atoms with Crippen LogP contribution in [0.2, 0.25) is 0 Å². The molecule has 1 aliphatic rings. The minimum atomic E-state index is -0.580. The minimum Gasteiger partial charge on any atom is -0.379 e. The number of rotatable bonds is 14. The summed E-state index contributed by atoms with van der Waals surface area (Å²) in [7, 11) is 0. The van der Waals surface area contributed by atoms with Gasteiger partial charge in [-0.3, -0.25) is 14.5 Å². The van der Waals surface area contributed by atoms with Gasteiger partial charge in [0, 0.05) is 42.5 Å². The number of morpholine rings is 1. The van der Waals surface area contributed by atoms with E-state index in [9.17, 15) is 9.59 Å². The summed E-state index contributed by atoms with van der Waals surface area (Å²) < 4.78 is 7.75. The van der Waals surface area contributed by atoms with Crippen molar-refractivity contribution in [1.29, 1.82) is 0 Å². The summed E-state index contributed by atoms with van der Waals surface area (Å²) in [5, 5.41) is 8.15. The van der Waals surface area contributed by atoms with Gasteiger partial charge in [0.25, 0.3) is 5.91 Å². The lowest BCUT2D eigenvalue weighted by atomic mass is 10.0. The molecule has 0 unspecified atom stereocenters. The van der Waals surface area contributed by atoms with Gasteiger partial charge >= 0.3 is 0 Å². The van der Waals surface area contributed by atoms with Gasteiger partial charge in [-0.2, -0.15) is 0 Å². The Hall–Kier alpha value is -2.75. The molecule has 0 bridgehead atoms. The van der Waals surface area contributed by atoms with Crippen LogP contribution in [-0.4, -0.2) is 71.7 Å². The van der Waals surface area contributed by atoms with Crippen molar-refractivity contribution in [2.75, 3.05) is 39.4 Å². The van der Waals surface area contributed by atoms with E-state index in [4.69, 9.17) is 9.72 Å². The molecule has 2 aromatic heterocycles. The SMILES string of the molecule is CCC(CC)n1c(Cc2cccs2)nc2cc(C(=O)N[C@@H](CC(C)C)C(=O)NCCCN3CCOCC3)ccc21. The third-order valence-electron chi connectivity index (χ3n) is 7.63. The van der Waals surface area contributed by atoms with Crippen LogP contribution in [0.5, 0.6) is 0 Å². The fourth-order valence-corrected chi connectivity index (χ4v) is 6.15. The largest absolute Gasteiger partial charge is 0.379 e. The number of carbonyl (C=O) groups is 2. The van der Waals surface area contributed by atoms with Crippen molar-refractivity contribution >= 4 is 34.2 Å². The van der Waals surface area contributed by atoms with Gasteiger partial charge in [-0.05, 0) is 67.8 Å². The van der Waals surface area contributed by atoms with Crippen LogP contribution in [0.15, 0.2) is 35.7 Å². The smallest absolute Gasteiger partial charge is 0.252 e. The average Bonchev–Trinajstić information content (AvgIpc) is 3.59. The number of carbonyl (C=O) groups excluding carboxylic acids is 2. The van der Waals surface area contributed by atoms with E-state index in [2.05, 4.69) is 65.3 Å². The lowest BCUT2D eigenvalue weighted by molar-refractivity contribution is -0.123. The quantitative estimate of drug-likeness (QED) is 0.267. The molecule has 3 heterocycles. The van der Waals surface area contributed by atoms with E-state index in [1.54, 1.807) is 11.3 Å². The van der Waals surface area contributed by atoms with Gasteiger partial charge in [0.2, 0.25) is 5.91 Å². The van der Waals surface area contributed by atoms with Crippen LogP contribution in [0.4, 0.5) is 0 Å². The number of thiophene rings is 1. The number of imidazole rings is 1. The zero-order valence-electron chi connectivity index (χ0n) is 24.4. The van der Waals surface area contributed by atoms with Gasteiger partial charge < -0.3 is 19.9 Å². The van der Waals surface area contributed by atoms with Crippen LogP contribution < -0.4 is 10.6 Å². The number of nitrogens with zero attached hydrogens (tertiary/aromatic N) is 3. The van der Waals surface area contributed by atoms with E-state index in [1.807, 2.05) is 18.2 Å². The van der Waals surface area contributed by atoms with Crippen molar-refractivity contribution in [1.82, 2.24) is 25.1 Å². The normalized spacial score (nSPS) is 15.2. The van der Waals surface area contributed by atoms with E-state index in [1.165, 1.54) is 4.88 Å². The molecule has 2 N–H and O–H groups in total. The number of aromatic nitrogens is 2. The summed E-state index contributed by atoms with van der Waals surface area (Å²) in [6, 6.07) is 9.72. The van der Waals surface area contributed by atoms with Gasteiger partial charge in [-0.15, -0.1) is 11.3 Å². The topological polar surface area (TPSA) is 88.5 Å². The molecule has 0 radical (unpaired) electrons. The van der Waals surface area contributed by atoms with Crippen molar-refractivity contribution < 1.29 is 14.3 Å². The Morgan fingerprint density at radius 2 is 1.90 bits per heavy atom. The number of hydrogen-bond acceptors (Lipinski definition) is 6. The average molecular weight is 568 g/mol. The van der Waals surface area contributed by atoms with Gasteiger partial charge in [-0.1, -0.05) is 33.8 Å². The fraction of sp³-hybridized carbons (Fsp3) is 0.581. The second-order valence-corrected chi connectivity index (χ2v) is 12.1.